The highest BCUT2D eigenvalue weighted by Gasteiger charge is 2.22. The average Bonchev–Trinajstić information content (AvgIpc) is 2.97. The average molecular weight is 614 g/mol. The van der Waals surface area contributed by atoms with Crippen LogP contribution in [0, 0.1) is 0 Å². The summed E-state index contributed by atoms with van der Waals surface area (Å²) in [5, 5.41) is 0. The van der Waals surface area contributed by atoms with Crippen LogP contribution in [0.4, 0.5) is 0 Å². The second-order valence-electron chi connectivity index (χ2n) is 10.3. The molecular formula is C32H50Cl2N2O5. The van der Waals surface area contributed by atoms with Crippen LogP contribution < -0.4 is 14.2 Å². The van der Waals surface area contributed by atoms with Crippen molar-refractivity contribution in [3.63, 3.8) is 0 Å². The van der Waals surface area contributed by atoms with Gasteiger partial charge in [-0.3, -0.25) is 14.6 Å². The highest BCUT2D eigenvalue weighted by Crippen LogP contribution is 2.40. The first-order valence-electron chi connectivity index (χ1n) is 14.6. The van der Waals surface area contributed by atoms with Gasteiger partial charge in [0.25, 0.3) is 0 Å². The quantitative estimate of drug-likeness (QED) is 0.134. The molecule has 0 atom stereocenters. The van der Waals surface area contributed by atoms with Crippen molar-refractivity contribution in [2.24, 2.45) is 0 Å². The van der Waals surface area contributed by atoms with E-state index in [-0.39, 0.29) is 30.8 Å². The number of ether oxygens (including phenoxy) is 4. The molecule has 2 aromatic carbocycles. The van der Waals surface area contributed by atoms with Crippen LogP contribution in [0.1, 0.15) is 68.9 Å². The summed E-state index contributed by atoms with van der Waals surface area (Å²) in [4.78, 5) is 16.2. The van der Waals surface area contributed by atoms with Gasteiger partial charge in [-0.05, 0) is 24.5 Å². The molecule has 0 amide bonds. The van der Waals surface area contributed by atoms with Gasteiger partial charge in [0, 0.05) is 51.3 Å². The van der Waals surface area contributed by atoms with Gasteiger partial charge in [0.15, 0.2) is 11.5 Å². The van der Waals surface area contributed by atoms with Gasteiger partial charge in [0.2, 0.25) is 5.75 Å². The van der Waals surface area contributed by atoms with Gasteiger partial charge < -0.3 is 18.9 Å². The van der Waals surface area contributed by atoms with Crippen molar-refractivity contribution in [1.82, 2.24) is 9.80 Å². The lowest BCUT2D eigenvalue weighted by molar-refractivity contribution is -0.140. The molecule has 1 aliphatic rings. The molecule has 0 bridgehead atoms. The highest BCUT2D eigenvalue weighted by atomic mass is 35.5. The number of unbranched alkanes of at least 4 members (excludes halogenated alkanes) is 7. The summed E-state index contributed by atoms with van der Waals surface area (Å²) in [5.74, 6) is 2.10. The molecule has 3 rings (SSSR count). The van der Waals surface area contributed by atoms with Crippen LogP contribution in [0.3, 0.4) is 0 Å². The van der Waals surface area contributed by atoms with Crippen LogP contribution in [0.25, 0.3) is 0 Å². The molecule has 1 fully saturated rings. The Bertz CT molecular complexity index is 972. The topological polar surface area (TPSA) is 60.5 Å². The maximum Gasteiger partial charge on any atom is 0.305 e. The number of esters is 1. The lowest BCUT2D eigenvalue weighted by atomic mass is 10.1. The predicted octanol–water partition coefficient (Wildman–Crippen LogP) is 6.93. The summed E-state index contributed by atoms with van der Waals surface area (Å²) in [5.41, 5.74) is 2.52. The van der Waals surface area contributed by atoms with Crippen molar-refractivity contribution < 1.29 is 23.7 Å². The first-order valence-corrected chi connectivity index (χ1v) is 14.6. The fourth-order valence-electron chi connectivity index (χ4n) is 5.12. The molecule has 1 heterocycles. The van der Waals surface area contributed by atoms with Crippen molar-refractivity contribution in [2.45, 2.75) is 70.9 Å². The molecule has 1 aliphatic heterocycles. The molecule has 0 radical (unpaired) electrons. The zero-order valence-corrected chi connectivity index (χ0v) is 26.7. The SMILES string of the molecule is COC(=O)CCCCCCCCCCOc1c(CN2CCN(Cc3ccccc3)CC2)ccc(OC)c1OC.Cl.Cl. The highest BCUT2D eigenvalue weighted by molar-refractivity contribution is 5.85. The summed E-state index contributed by atoms with van der Waals surface area (Å²) >= 11 is 0. The van der Waals surface area contributed by atoms with Crippen molar-refractivity contribution >= 4 is 30.8 Å². The van der Waals surface area contributed by atoms with E-state index in [0.717, 1.165) is 76.3 Å². The van der Waals surface area contributed by atoms with E-state index in [1.165, 1.54) is 38.4 Å². The van der Waals surface area contributed by atoms with E-state index in [2.05, 4.69) is 50.9 Å². The third-order valence-electron chi connectivity index (χ3n) is 7.44. The number of piperazine rings is 1. The number of nitrogens with zero attached hydrogens (tertiary/aromatic N) is 2. The Morgan fingerprint density at radius 3 is 1.85 bits per heavy atom. The van der Waals surface area contributed by atoms with Crippen LogP contribution in [-0.4, -0.2) is 69.9 Å². The Balaban J connectivity index is 0.00000420. The normalized spacial score (nSPS) is 13.5. The number of methoxy groups -OCH3 is 3. The molecule has 0 aromatic heterocycles. The molecule has 232 valence electrons. The summed E-state index contributed by atoms with van der Waals surface area (Å²) in [6, 6.07) is 14.8. The Morgan fingerprint density at radius 2 is 1.27 bits per heavy atom. The number of rotatable bonds is 18. The Morgan fingerprint density at radius 1 is 0.683 bits per heavy atom. The molecule has 9 heteroatoms. The Labute approximate surface area is 259 Å². The molecule has 0 saturated carbocycles. The second-order valence-corrected chi connectivity index (χ2v) is 10.3. The van der Waals surface area contributed by atoms with Gasteiger partial charge in [0.1, 0.15) is 0 Å². The largest absolute Gasteiger partial charge is 0.493 e. The number of benzene rings is 2. The van der Waals surface area contributed by atoms with Gasteiger partial charge >= 0.3 is 5.97 Å². The summed E-state index contributed by atoms with van der Waals surface area (Å²) < 4.78 is 22.3. The lowest BCUT2D eigenvalue weighted by Crippen LogP contribution is -2.45. The van der Waals surface area contributed by atoms with Crippen LogP contribution in [-0.2, 0) is 22.6 Å². The van der Waals surface area contributed by atoms with Crippen LogP contribution in [0.5, 0.6) is 17.2 Å². The fraction of sp³-hybridized carbons (Fsp3) is 0.594. The fourth-order valence-corrected chi connectivity index (χ4v) is 5.12. The van der Waals surface area contributed by atoms with Crippen molar-refractivity contribution in [3.8, 4) is 17.2 Å². The number of halogens is 2. The lowest BCUT2D eigenvalue weighted by Gasteiger charge is -2.35. The summed E-state index contributed by atoms with van der Waals surface area (Å²) in [6.07, 6.45) is 9.54. The number of carbonyl (C=O) groups is 1. The van der Waals surface area contributed by atoms with E-state index in [0.29, 0.717) is 24.5 Å². The monoisotopic (exact) mass is 612 g/mol. The smallest absolute Gasteiger partial charge is 0.305 e. The van der Waals surface area contributed by atoms with E-state index in [4.69, 9.17) is 14.2 Å². The first kappa shape index (κ1) is 36.8. The minimum atomic E-state index is -0.104. The number of hydrogen-bond acceptors (Lipinski definition) is 7. The van der Waals surface area contributed by atoms with Crippen molar-refractivity contribution in [1.29, 1.82) is 0 Å². The van der Waals surface area contributed by atoms with Crippen molar-refractivity contribution in [3.05, 3.63) is 53.6 Å². The molecule has 0 spiro atoms. The van der Waals surface area contributed by atoms with Crippen molar-refractivity contribution in [2.75, 3.05) is 54.1 Å². The number of carbonyl (C=O) groups excluding carboxylic acids is 1. The molecule has 0 N–H and O–H groups in total. The van der Waals surface area contributed by atoms with Gasteiger partial charge in [-0.25, -0.2) is 0 Å². The zero-order valence-electron chi connectivity index (χ0n) is 25.1. The van der Waals surface area contributed by atoms with Crippen LogP contribution in [0.15, 0.2) is 42.5 Å². The van der Waals surface area contributed by atoms with Gasteiger partial charge in [-0.2, -0.15) is 0 Å². The third kappa shape index (κ3) is 13.1. The molecular weight excluding hydrogens is 563 g/mol. The van der Waals surface area contributed by atoms with Gasteiger partial charge in [-0.15, -0.1) is 24.8 Å². The molecule has 0 unspecified atom stereocenters. The molecule has 7 nitrogen and oxygen atoms in total. The predicted molar refractivity (Wildman–Crippen MR) is 170 cm³/mol. The maximum atomic E-state index is 11.2. The van der Waals surface area contributed by atoms with E-state index in [9.17, 15) is 4.79 Å². The van der Waals surface area contributed by atoms with E-state index < -0.39 is 0 Å². The minimum Gasteiger partial charge on any atom is -0.493 e. The van der Waals surface area contributed by atoms with Gasteiger partial charge in [0.05, 0.1) is 27.9 Å². The minimum absolute atomic E-state index is 0. The van der Waals surface area contributed by atoms with Crippen LogP contribution in [0.2, 0.25) is 0 Å². The van der Waals surface area contributed by atoms with E-state index in [1.807, 2.05) is 6.07 Å². The van der Waals surface area contributed by atoms with E-state index in [1.54, 1.807) is 14.2 Å². The third-order valence-corrected chi connectivity index (χ3v) is 7.44. The molecule has 2 aromatic rings. The second kappa shape index (κ2) is 21.5. The number of hydrogen-bond donors (Lipinski definition) is 0. The standard InChI is InChI=1S/C32H48N2O5.2ClH/c1-36-29-19-18-28(26-34-22-20-33(21-23-34)25-27-15-11-10-12-16-27)31(32(29)38-3)39-24-14-9-7-5-4-6-8-13-17-30(35)37-2;;/h10-12,15-16,18-19H,4-9,13-14,17,20-26H2,1-3H3;2*1H. The molecule has 0 aliphatic carbocycles. The molecule has 1 saturated heterocycles. The summed E-state index contributed by atoms with van der Waals surface area (Å²) in [6.45, 7) is 6.69. The Kier molecular flexibility index (Phi) is 19.3. The maximum absolute atomic E-state index is 11.2. The Hall–Kier alpha value is -2.19. The molecule has 41 heavy (non-hydrogen) atoms. The summed E-state index contributed by atoms with van der Waals surface area (Å²) in [7, 11) is 4.80. The van der Waals surface area contributed by atoms with E-state index >= 15 is 0 Å². The zero-order chi connectivity index (χ0) is 27.7. The van der Waals surface area contributed by atoms with Gasteiger partial charge in [-0.1, -0.05) is 74.9 Å². The first-order chi connectivity index (χ1) is 19.1. The van der Waals surface area contributed by atoms with Crippen LogP contribution >= 0.6 is 24.8 Å².